The lowest BCUT2D eigenvalue weighted by atomic mass is 9.93. The van der Waals surface area contributed by atoms with E-state index in [-0.39, 0.29) is 0 Å². The molecular formula is C16H32N2O. The molecule has 0 radical (unpaired) electrons. The molecule has 19 heavy (non-hydrogen) atoms. The van der Waals surface area contributed by atoms with Crippen LogP contribution in [0.4, 0.5) is 0 Å². The normalized spacial score (nSPS) is 23.7. The minimum Gasteiger partial charge on any atom is -0.378 e. The quantitative estimate of drug-likeness (QED) is 0.487. The average molecular weight is 268 g/mol. The zero-order chi connectivity index (χ0) is 13.9. The highest BCUT2D eigenvalue weighted by Crippen LogP contribution is 2.21. The van der Waals surface area contributed by atoms with E-state index < -0.39 is 0 Å². The van der Waals surface area contributed by atoms with Crippen molar-refractivity contribution in [1.82, 2.24) is 10.2 Å². The number of rotatable bonds is 10. The predicted octanol–water partition coefficient (Wildman–Crippen LogP) is 2.82. The molecule has 3 nitrogen and oxygen atoms in total. The monoisotopic (exact) mass is 268 g/mol. The van der Waals surface area contributed by atoms with E-state index in [1.165, 1.54) is 51.5 Å². The largest absolute Gasteiger partial charge is 0.378 e. The molecule has 3 heteroatoms. The summed E-state index contributed by atoms with van der Waals surface area (Å²) in [4.78, 5) is 2.31. The molecule has 0 aliphatic heterocycles. The van der Waals surface area contributed by atoms with Crippen molar-refractivity contribution < 1.29 is 4.74 Å². The third-order valence-corrected chi connectivity index (χ3v) is 4.06. The van der Waals surface area contributed by atoms with E-state index in [1.807, 2.05) is 6.08 Å². The number of unbranched alkanes of at least 4 members (excludes halogenated alkanes) is 2. The second kappa shape index (κ2) is 10.4. The number of likely N-dealkylation sites (N-methyl/N-ethyl adjacent to an activating group) is 1. The van der Waals surface area contributed by atoms with Gasteiger partial charge in [-0.2, -0.15) is 0 Å². The fourth-order valence-electron chi connectivity index (χ4n) is 2.74. The lowest BCUT2D eigenvalue weighted by molar-refractivity contribution is 0.0209. The molecule has 112 valence electrons. The molecular weight excluding hydrogens is 236 g/mol. The van der Waals surface area contributed by atoms with Crippen LogP contribution >= 0.6 is 0 Å². The molecule has 1 saturated carbocycles. The Labute approximate surface area is 119 Å². The van der Waals surface area contributed by atoms with E-state index in [0.29, 0.717) is 6.10 Å². The van der Waals surface area contributed by atoms with E-state index in [4.69, 9.17) is 4.74 Å². The molecule has 0 unspecified atom stereocenters. The zero-order valence-electron chi connectivity index (χ0n) is 12.9. The number of ether oxygens (including phenoxy) is 1. The van der Waals surface area contributed by atoms with Crippen LogP contribution in [0.15, 0.2) is 12.7 Å². The van der Waals surface area contributed by atoms with Gasteiger partial charge in [0.2, 0.25) is 0 Å². The van der Waals surface area contributed by atoms with Crippen molar-refractivity contribution in [2.45, 2.75) is 57.1 Å². The third kappa shape index (κ3) is 7.71. The van der Waals surface area contributed by atoms with Gasteiger partial charge in [-0.3, -0.25) is 0 Å². The van der Waals surface area contributed by atoms with Gasteiger partial charge in [-0.25, -0.2) is 0 Å². The molecule has 0 bridgehead atoms. The van der Waals surface area contributed by atoms with Gasteiger partial charge in [0.1, 0.15) is 0 Å². The van der Waals surface area contributed by atoms with Gasteiger partial charge in [-0.15, -0.1) is 6.58 Å². The molecule has 0 aromatic heterocycles. The Morgan fingerprint density at radius 1 is 1.21 bits per heavy atom. The molecule has 0 spiro atoms. The first-order valence-corrected chi connectivity index (χ1v) is 7.84. The van der Waals surface area contributed by atoms with E-state index in [2.05, 4.69) is 30.9 Å². The Balaban J connectivity index is 1.90. The van der Waals surface area contributed by atoms with Crippen molar-refractivity contribution in [1.29, 1.82) is 0 Å². The fraction of sp³-hybridized carbons (Fsp3) is 0.875. The molecule has 0 heterocycles. The lowest BCUT2D eigenvalue weighted by Gasteiger charge is -2.28. The molecule has 1 fully saturated rings. The van der Waals surface area contributed by atoms with E-state index in [0.717, 1.165) is 19.2 Å². The maximum Gasteiger partial charge on any atom is 0.0576 e. The maximum absolute atomic E-state index is 5.97. The second-order valence-corrected chi connectivity index (χ2v) is 5.74. The Morgan fingerprint density at radius 3 is 2.58 bits per heavy atom. The Hall–Kier alpha value is -0.380. The topological polar surface area (TPSA) is 24.5 Å². The SMILES string of the molecule is C=CCN(C)CCCCCOC1CCC(NC)CC1. The van der Waals surface area contributed by atoms with Crippen LogP contribution in [0.3, 0.4) is 0 Å². The Kier molecular flexibility index (Phi) is 9.14. The summed E-state index contributed by atoms with van der Waals surface area (Å²) in [7, 11) is 4.22. The van der Waals surface area contributed by atoms with Gasteiger partial charge in [0.05, 0.1) is 6.10 Å². The van der Waals surface area contributed by atoms with E-state index >= 15 is 0 Å². The van der Waals surface area contributed by atoms with Crippen LogP contribution in [0.25, 0.3) is 0 Å². The minimum atomic E-state index is 0.521. The van der Waals surface area contributed by atoms with Crippen molar-refractivity contribution in [3.8, 4) is 0 Å². The van der Waals surface area contributed by atoms with Crippen LogP contribution in [-0.2, 0) is 4.74 Å². The number of nitrogens with zero attached hydrogens (tertiary/aromatic N) is 1. The number of hydrogen-bond donors (Lipinski definition) is 1. The van der Waals surface area contributed by atoms with Crippen LogP contribution in [0, 0.1) is 0 Å². The summed E-state index contributed by atoms with van der Waals surface area (Å²) in [6, 6.07) is 0.722. The van der Waals surface area contributed by atoms with Crippen LogP contribution < -0.4 is 5.32 Å². The average Bonchev–Trinajstić information content (AvgIpc) is 2.43. The first kappa shape index (κ1) is 16.7. The van der Waals surface area contributed by atoms with Crippen LogP contribution in [0.1, 0.15) is 44.9 Å². The molecule has 1 rings (SSSR count). The summed E-state index contributed by atoms with van der Waals surface area (Å²) in [6.07, 6.45) is 11.2. The fourth-order valence-corrected chi connectivity index (χ4v) is 2.74. The first-order chi connectivity index (χ1) is 9.26. The highest BCUT2D eigenvalue weighted by Gasteiger charge is 2.19. The Morgan fingerprint density at radius 2 is 1.95 bits per heavy atom. The molecule has 1 N–H and O–H groups in total. The maximum atomic E-state index is 5.97. The molecule has 0 aromatic carbocycles. The van der Waals surface area contributed by atoms with Gasteiger partial charge in [0.15, 0.2) is 0 Å². The van der Waals surface area contributed by atoms with Gasteiger partial charge >= 0.3 is 0 Å². The van der Waals surface area contributed by atoms with Crippen molar-refractivity contribution in [3.63, 3.8) is 0 Å². The van der Waals surface area contributed by atoms with Gasteiger partial charge < -0.3 is 15.0 Å². The minimum absolute atomic E-state index is 0.521. The van der Waals surface area contributed by atoms with Crippen molar-refractivity contribution in [3.05, 3.63) is 12.7 Å². The highest BCUT2D eigenvalue weighted by atomic mass is 16.5. The summed E-state index contributed by atoms with van der Waals surface area (Å²) >= 11 is 0. The number of hydrogen-bond acceptors (Lipinski definition) is 3. The smallest absolute Gasteiger partial charge is 0.0576 e. The van der Waals surface area contributed by atoms with Crippen LogP contribution in [-0.4, -0.2) is 50.8 Å². The Bertz CT molecular complexity index is 225. The molecule has 1 aliphatic rings. The van der Waals surface area contributed by atoms with Gasteiger partial charge in [0.25, 0.3) is 0 Å². The third-order valence-electron chi connectivity index (χ3n) is 4.06. The summed E-state index contributed by atoms with van der Waals surface area (Å²) in [5.74, 6) is 0. The second-order valence-electron chi connectivity index (χ2n) is 5.74. The van der Waals surface area contributed by atoms with Crippen molar-refractivity contribution >= 4 is 0 Å². The summed E-state index contributed by atoms with van der Waals surface area (Å²) in [6.45, 7) is 6.86. The lowest BCUT2D eigenvalue weighted by Crippen LogP contribution is -2.33. The predicted molar refractivity (Wildman–Crippen MR) is 82.6 cm³/mol. The molecule has 0 atom stereocenters. The molecule has 1 aliphatic carbocycles. The summed E-state index contributed by atoms with van der Waals surface area (Å²) in [5.41, 5.74) is 0. The summed E-state index contributed by atoms with van der Waals surface area (Å²) in [5, 5.41) is 3.36. The summed E-state index contributed by atoms with van der Waals surface area (Å²) < 4.78 is 5.97. The molecule has 0 aromatic rings. The van der Waals surface area contributed by atoms with E-state index in [9.17, 15) is 0 Å². The molecule has 0 saturated heterocycles. The number of nitrogens with one attached hydrogen (secondary N) is 1. The van der Waals surface area contributed by atoms with Gasteiger partial charge in [-0.1, -0.05) is 6.08 Å². The van der Waals surface area contributed by atoms with Crippen molar-refractivity contribution in [2.75, 3.05) is 33.8 Å². The van der Waals surface area contributed by atoms with E-state index in [1.54, 1.807) is 0 Å². The molecule has 0 amide bonds. The van der Waals surface area contributed by atoms with Crippen LogP contribution in [0.2, 0.25) is 0 Å². The van der Waals surface area contributed by atoms with Gasteiger partial charge in [-0.05, 0) is 65.6 Å². The zero-order valence-corrected chi connectivity index (χ0v) is 12.9. The standard InChI is InChI=1S/C16H32N2O/c1-4-12-18(3)13-6-5-7-14-19-16-10-8-15(17-2)9-11-16/h4,15-17H,1,5-14H2,2-3H3. The van der Waals surface area contributed by atoms with Gasteiger partial charge in [0, 0.05) is 19.2 Å². The first-order valence-electron chi connectivity index (χ1n) is 7.84. The van der Waals surface area contributed by atoms with Crippen LogP contribution in [0.5, 0.6) is 0 Å². The highest BCUT2D eigenvalue weighted by molar-refractivity contribution is 4.76. The van der Waals surface area contributed by atoms with Crippen molar-refractivity contribution in [2.24, 2.45) is 0 Å².